The van der Waals surface area contributed by atoms with Crippen molar-refractivity contribution in [3.05, 3.63) is 34.6 Å². The van der Waals surface area contributed by atoms with E-state index in [4.69, 9.17) is 16.7 Å². The van der Waals surface area contributed by atoms with Gasteiger partial charge in [-0.15, -0.1) is 0 Å². The number of alkyl halides is 3. The van der Waals surface area contributed by atoms with Gasteiger partial charge in [-0.1, -0.05) is 23.7 Å². The number of aliphatic hydroxyl groups excluding tert-OH is 1. The zero-order valence-corrected chi connectivity index (χ0v) is 8.11. The molecule has 0 aliphatic rings. The molecule has 0 saturated heterocycles. The second-order valence-electron chi connectivity index (χ2n) is 2.97. The van der Waals surface area contributed by atoms with Gasteiger partial charge in [0.15, 0.2) is 6.10 Å². The molecule has 0 fully saturated rings. The molecule has 15 heavy (non-hydrogen) atoms. The quantitative estimate of drug-likeness (QED) is 0.791. The predicted octanol–water partition coefficient (Wildman–Crippen LogP) is 2.94. The van der Waals surface area contributed by atoms with Crippen LogP contribution in [0.4, 0.5) is 17.6 Å². The van der Waals surface area contributed by atoms with Gasteiger partial charge in [-0.05, 0) is 11.6 Å². The van der Waals surface area contributed by atoms with Crippen molar-refractivity contribution in [1.82, 2.24) is 0 Å². The molecule has 0 aliphatic carbocycles. The van der Waals surface area contributed by atoms with Crippen LogP contribution in [0.1, 0.15) is 5.56 Å². The zero-order chi connectivity index (χ0) is 11.6. The summed E-state index contributed by atoms with van der Waals surface area (Å²) in [6, 6.07) is 3.69. The third kappa shape index (κ3) is 3.07. The minimum absolute atomic E-state index is 0.257. The number of aliphatic hydroxyl groups is 1. The summed E-state index contributed by atoms with van der Waals surface area (Å²) in [6.45, 7) is 0. The van der Waals surface area contributed by atoms with E-state index in [2.05, 4.69) is 0 Å². The van der Waals surface area contributed by atoms with Crippen molar-refractivity contribution in [3.8, 4) is 0 Å². The van der Waals surface area contributed by atoms with Crippen LogP contribution in [0.5, 0.6) is 0 Å². The summed E-state index contributed by atoms with van der Waals surface area (Å²) >= 11 is 5.37. The monoisotopic (exact) mass is 242 g/mol. The average Bonchev–Trinajstić information content (AvgIpc) is 2.11. The SMILES string of the molecule is OC(Cc1cccc(Cl)c1F)C(F)(F)F. The molecular weight excluding hydrogens is 236 g/mol. The van der Waals surface area contributed by atoms with E-state index in [0.717, 1.165) is 6.07 Å². The largest absolute Gasteiger partial charge is 0.414 e. The maximum Gasteiger partial charge on any atom is 0.414 e. The highest BCUT2D eigenvalue weighted by Crippen LogP contribution is 2.25. The molecule has 1 aromatic carbocycles. The van der Waals surface area contributed by atoms with Crippen LogP contribution in [0.3, 0.4) is 0 Å². The van der Waals surface area contributed by atoms with Gasteiger partial charge in [-0.25, -0.2) is 4.39 Å². The topological polar surface area (TPSA) is 20.2 Å². The van der Waals surface area contributed by atoms with Gasteiger partial charge in [0, 0.05) is 6.42 Å². The second-order valence-corrected chi connectivity index (χ2v) is 3.38. The minimum atomic E-state index is -4.76. The first-order chi connectivity index (χ1) is 6.82. The highest BCUT2D eigenvalue weighted by atomic mass is 35.5. The summed E-state index contributed by atoms with van der Waals surface area (Å²) in [4.78, 5) is 0. The van der Waals surface area contributed by atoms with Gasteiger partial charge < -0.3 is 5.11 Å². The first kappa shape index (κ1) is 12.3. The van der Waals surface area contributed by atoms with Gasteiger partial charge in [-0.3, -0.25) is 0 Å². The van der Waals surface area contributed by atoms with Crippen molar-refractivity contribution in [2.75, 3.05) is 0 Å². The highest BCUT2D eigenvalue weighted by molar-refractivity contribution is 6.30. The van der Waals surface area contributed by atoms with Crippen molar-refractivity contribution >= 4 is 11.6 Å². The Hall–Kier alpha value is -0.810. The van der Waals surface area contributed by atoms with E-state index in [-0.39, 0.29) is 10.6 Å². The average molecular weight is 243 g/mol. The summed E-state index contributed by atoms with van der Waals surface area (Å²) in [7, 11) is 0. The maximum atomic E-state index is 13.1. The molecule has 84 valence electrons. The van der Waals surface area contributed by atoms with Gasteiger partial charge in [0.1, 0.15) is 5.82 Å². The van der Waals surface area contributed by atoms with Crippen LogP contribution in [-0.4, -0.2) is 17.4 Å². The Morgan fingerprint density at radius 3 is 2.47 bits per heavy atom. The van der Waals surface area contributed by atoms with Crippen LogP contribution in [0.2, 0.25) is 5.02 Å². The molecule has 6 heteroatoms. The molecule has 1 aromatic rings. The van der Waals surface area contributed by atoms with Crippen LogP contribution < -0.4 is 0 Å². The lowest BCUT2D eigenvalue weighted by Crippen LogP contribution is -2.30. The van der Waals surface area contributed by atoms with Gasteiger partial charge in [0.25, 0.3) is 0 Å². The summed E-state index contributed by atoms with van der Waals surface area (Å²) in [5.74, 6) is -0.928. The normalized spacial score (nSPS) is 14.0. The summed E-state index contributed by atoms with van der Waals surface area (Å²) in [6.07, 6.45) is -8.17. The molecule has 1 unspecified atom stereocenters. The van der Waals surface area contributed by atoms with E-state index in [9.17, 15) is 17.6 Å². The lowest BCUT2D eigenvalue weighted by atomic mass is 10.1. The van der Waals surface area contributed by atoms with Crippen LogP contribution in [-0.2, 0) is 6.42 Å². The number of rotatable bonds is 2. The molecule has 0 aliphatic heterocycles. The Balaban J connectivity index is 2.86. The van der Waals surface area contributed by atoms with Crippen molar-refractivity contribution in [2.45, 2.75) is 18.7 Å². The summed E-state index contributed by atoms with van der Waals surface area (Å²) < 4.78 is 49.0. The van der Waals surface area contributed by atoms with Crippen LogP contribution in [0.15, 0.2) is 18.2 Å². The molecule has 0 heterocycles. The molecule has 0 bridgehead atoms. The third-order valence-corrected chi connectivity index (χ3v) is 2.11. The predicted molar refractivity (Wildman–Crippen MR) is 47.2 cm³/mol. The fourth-order valence-electron chi connectivity index (χ4n) is 1.03. The number of halogens is 5. The minimum Gasteiger partial charge on any atom is -0.383 e. The highest BCUT2D eigenvalue weighted by Gasteiger charge is 2.38. The lowest BCUT2D eigenvalue weighted by molar-refractivity contribution is -0.203. The van der Waals surface area contributed by atoms with Gasteiger partial charge in [0.05, 0.1) is 5.02 Å². The van der Waals surface area contributed by atoms with E-state index < -0.39 is 24.5 Å². The lowest BCUT2D eigenvalue weighted by Gasteiger charge is -2.14. The van der Waals surface area contributed by atoms with E-state index in [1.807, 2.05) is 0 Å². The fourth-order valence-corrected chi connectivity index (χ4v) is 1.22. The maximum absolute atomic E-state index is 13.1. The molecular formula is C9H7ClF4O. The molecule has 1 nitrogen and oxygen atoms in total. The standard InChI is InChI=1S/C9H7ClF4O/c10-6-3-1-2-5(8(6)11)4-7(15)9(12,13)14/h1-3,7,15H,4H2. The zero-order valence-electron chi connectivity index (χ0n) is 7.35. The van der Waals surface area contributed by atoms with Crippen LogP contribution in [0, 0.1) is 5.82 Å². The van der Waals surface area contributed by atoms with Crippen molar-refractivity contribution in [2.24, 2.45) is 0 Å². The Morgan fingerprint density at radius 1 is 1.33 bits per heavy atom. The first-order valence-corrected chi connectivity index (χ1v) is 4.38. The van der Waals surface area contributed by atoms with E-state index in [0.29, 0.717) is 0 Å². The fraction of sp³-hybridized carbons (Fsp3) is 0.333. The van der Waals surface area contributed by atoms with E-state index in [1.165, 1.54) is 12.1 Å². The van der Waals surface area contributed by atoms with Crippen LogP contribution in [0.25, 0.3) is 0 Å². The molecule has 0 amide bonds. The van der Waals surface area contributed by atoms with E-state index in [1.54, 1.807) is 0 Å². The molecule has 0 radical (unpaired) electrons. The first-order valence-electron chi connectivity index (χ1n) is 4.00. The third-order valence-electron chi connectivity index (χ3n) is 1.82. The number of hydrogen-bond donors (Lipinski definition) is 1. The summed E-state index contributed by atoms with van der Waals surface area (Å²) in [5.41, 5.74) is -0.257. The Kier molecular flexibility index (Phi) is 3.57. The van der Waals surface area contributed by atoms with Gasteiger partial charge in [0.2, 0.25) is 0 Å². The molecule has 0 aromatic heterocycles. The molecule has 1 N–H and O–H groups in total. The second kappa shape index (κ2) is 4.37. The Labute approximate surface area is 88.3 Å². The molecule has 1 rings (SSSR count). The molecule has 0 saturated carbocycles. The molecule has 1 atom stereocenters. The summed E-state index contributed by atoms with van der Waals surface area (Å²) in [5, 5.41) is 8.46. The van der Waals surface area contributed by atoms with Crippen molar-refractivity contribution < 1.29 is 22.7 Å². The van der Waals surface area contributed by atoms with Crippen LogP contribution >= 0.6 is 11.6 Å². The Bertz CT molecular complexity index is 350. The number of benzene rings is 1. The number of hydrogen-bond acceptors (Lipinski definition) is 1. The Morgan fingerprint density at radius 2 is 1.93 bits per heavy atom. The van der Waals surface area contributed by atoms with Crippen molar-refractivity contribution in [3.63, 3.8) is 0 Å². The molecule has 0 spiro atoms. The van der Waals surface area contributed by atoms with Gasteiger partial charge >= 0.3 is 6.18 Å². The van der Waals surface area contributed by atoms with E-state index >= 15 is 0 Å². The van der Waals surface area contributed by atoms with Gasteiger partial charge in [-0.2, -0.15) is 13.2 Å². The smallest absolute Gasteiger partial charge is 0.383 e. The van der Waals surface area contributed by atoms with Crippen molar-refractivity contribution in [1.29, 1.82) is 0 Å².